The first-order chi connectivity index (χ1) is 10.2. The minimum absolute atomic E-state index is 0.318. The third-order valence-electron chi connectivity index (χ3n) is 4.01. The van der Waals surface area contributed by atoms with E-state index in [2.05, 4.69) is 67.8 Å². The average molecular weight is 282 g/mol. The number of hydrogen-bond acceptors (Lipinski definition) is 2. The fraction of sp³-hybridized carbons (Fsp3) is 0.368. The van der Waals surface area contributed by atoms with E-state index in [4.69, 9.17) is 5.84 Å². The molecule has 21 heavy (non-hydrogen) atoms. The summed E-state index contributed by atoms with van der Waals surface area (Å²) in [5.74, 6) is 5.72. The standard InChI is InChI=1S/C19H26N2/c1-3-16-7-9-18(10-8-16)14-19(21-20)12-11-17-6-4-5-15(2)13-17/h4-10,13,19,21H,3,11-12,14,20H2,1-2H3. The Labute approximate surface area is 128 Å². The van der Waals surface area contributed by atoms with Gasteiger partial charge in [0.15, 0.2) is 0 Å². The number of aryl methyl sites for hydroxylation is 3. The van der Waals surface area contributed by atoms with Crippen molar-refractivity contribution in [2.75, 3.05) is 0 Å². The molecular formula is C19H26N2. The van der Waals surface area contributed by atoms with Crippen LogP contribution >= 0.6 is 0 Å². The van der Waals surface area contributed by atoms with Crippen LogP contribution in [0.5, 0.6) is 0 Å². The Kier molecular flexibility index (Phi) is 5.97. The molecule has 0 bridgehead atoms. The summed E-state index contributed by atoms with van der Waals surface area (Å²) < 4.78 is 0. The van der Waals surface area contributed by atoms with E-state index in [0.717, 1.165) is 25.7 Å². The number of nitrogens with two attached hydrogens (primary N) is 1. The highest BCUT2D eigenvalue weighted by Gasteiger charge is 2.08. The molecule has 1 unspecified atom stereocenters. The summed E-state index contributed by atoms with van der Waals surface area (Å²) >= 11 is 0. The van der Waals surface area contributed by atoms with Gasteiger partial charge in [-0.15, -0.1) is 0 Å². The van der Waals surface area contributed by atoms with Crippen LogP contribution in [0.3, 0.4) is 0 Å². The van der Waals surface area contributed by atoms with Gasteiger partial charge in [-0.25, -0.2) is 0 Å². The van der Waals surface area contributed by atoms with Crippen molar-refractivity contribution in [2.45, 2.75) is 45.6 Å². The first-order valence-corrected chi connectivity index (χ1v) is 7.80. The first kappa shape index (κ1) is 15.7. The topological polar surface area (TPSA) is 38.0 Å². The lowest BCUT2D eigenvalue weighted by Gasteiger charge is -2.16. The molecule has 0 aromatic heterocycles. The van der Waals surface area contributed by atoms with Gasteiger partial charge in [-0.2, -0.15) is 0 Å². The Balaban J connectivity index is 1.90. The molecular weight excluding hydrogens is 256 g/mol. The van der Waals surface area contributed by atoms with E-state index >= 15 is 0 Å². The van der Waals surface area contributed by atoms with E-state index in [1.165, 1.54) is 22.3 Å². The van der Waals surface area contributed by atoms with Crippen LogP contribution in [0.4, 0.5) is 0 Å². The highest BCUT2D eigenvalue weighted by atomic mass is 15.2. The summed E-state index contributed by atoms with van der Waals surface area (Å²) in [6.45, 7) is 4.32. The van der Waals surface area contributed by atoms with Gasteiger partial charge in [-0.05, 0) is 49.3 Å². The van der Waals surface area contributed by atoms with Crippen LogP contribution in [0.2, 0.25) is 0 Å². The van der Waals surface area contributed by atoms with E-state index < -0.39 is 0 Å². The Bertz CT molecular complexity index is 546. The normalized spacial score (nSPS) is 12.3. The molecule has 2 heteroatoms. The lowest BCUT2D eigenvalue weighted by atomic mass is 9.98. The van der Waals surface area contributed by atoms with Crippen molar-refractivity contribution in [3.8, 4) is 0 Å². The summed E-state index contributed by atoms with van der Waals surface area (Å²) in [5.41, 5.74) is 8.40. The van der Waals surface area contributed by atoms with Crippen LogP contribution in [-0.4, -0.2) is 6.04 Å². The van der Waals surface area contributed by atoms with Crippen molar-refractivity contribution >= 4 is 0 Å². The Hall–Kier alpha value is -1.64. The lowest BCUT2D eigenvalue weighted by Crippen LogP contribution is -2.37. The molecule has 0 fully saturated rings. The van der Waals surface area contributed by atoms with Crippen molar-refractivity contribution in [2.24, 2.45) is 5.84 Å². The maximum Gasteiger partial charge on any atom is 0.0254 e. The van der Waals surface area contributed by atoms with Crippen molar-refractivity contribution in [3.05, 3.63) is 70.8 Å². The summed E-state index contributed by atoms with van der Waals surface area (Å²) in [7, 11) is 0. The second kappa shape index (κ2) is 7.96. The minimum Gasteiger partial charge on any atom is -0.271 e. The van der Waals surface area contributed by atoms with E-state index in [-0.39, 0.29) is 0 Å². The van der Waals surface area contributed by atoms with Crippen molar-refractivity contribution in [1.29, 1.82) is 0 Å². The van der Waals surface area contributed by atoms with Gasteiger partial charge in [-0.3, -0.25) is 11.3 Å². The molecule has 3 N–H and O–H groups in total. The fourth-order valence-corrected chi connectivity index (χ4v) is 2.65. The molecule has 0 amide bonds. The zero-order valence-corrected chi connectivity index (χ0v) is 13.1. The van der Waals surface area contributed by atoms with Gasteiger partial charge in [0.25, 0.3) is 0 Å². The van der Waals surface area contributed by atoms with E-state index in [9.17, 15) is 0 Å². The maximum atomic E-state index is 5.72. The van der Waals surface area contributed by atoms with Crippen molar-refractivity contribution in [3.63, 3.8) is 0 Å². The molecule has 2 aromatic rings. The van der Waals surface area contributed by atoms with E-state index in [1.807, 2.05) is 0 Å². The van der Waals surface area contributed by atoms with Gasteiger partial charge in [0.05, 0.1) is 0 Å². The van der Waals surface area contributed by atoms with Crippen molar-refractivity contribution < 1.29 is 0 Å². The molecule has 0 saturated heterocycles. The first-order valence-electron chi connectivity index (χ1n) is 7.80. The predicted octanol–water partition coefficient (Wildman–Crippen LogP) is 3.56. The molecule has 2 nitrogen and oxygen atoms in total. The van der Waals surface area contributed by atoms with Gasteiger partial charge in [0.1, 0.15) is 0 Å². The summed E-state index contributed by atoms with van der Waals surface area (Å²) in [6, 6.07) is 17.9. The zero-order chi connectivity index (χ0) is 15.1. The molecule has 0 aliphatic rings. The number of nitrogens with one attached hydrogen (secondary N) is 1. The zero-order valence-electron chi connectivity index (χ0n) is 13.1. The molecule has 0 spiro atoms. The van der Waals surface area contributed by atoms with Crippen LogP contribution in [0.1, 0.15) is 35.6 Å². The Morgan fingerprint density at radius 1 is 1.00 bits per heavy atom. The smallest absolute Gasteiger partial charge is 0.0254 e. The Morgan fingerprint density at radius 3 is 2.33 bits per heavy atom. The molecule has 2 rings (SSSR count). The quantitative estimate of drug-likeness (QED) is 0.602. The van der Waals surface area contributed by atoms with Crippen LogP contribution in [0, 0.1) is 6.92 Å². The van der Waals surface area contributed by atoms with E-state index in [0.29, 0.717) is 6.04 Å². The van der Waals surface area contributed by atoms with Crippen LogP contribution in [0.25, 0.3) is 0 Å². The molecule has 2 aromatic carbocycles. The number of rotatable bonds is 7. The number of hydrogen-bond donors (Lipinski definition) is 2. The summed E-state index contributed by atoms with van der Waals surface area (Å²) in [5, 5.41) is 0. The highest BCUT2D eigenvalue weighted by Crippen LogP contribution is 2.12. The lowest BCUT2D eigenvalue weighted by molar-refractivity contribution is 0.491. The number of hydrazine groups is 1. The second-order valence-electron chi connectivity index (χ2n) is 5.77. The fourth-order valence-electron chi connectivity index (χ4n) is 2.65. The van der Waals surface area contributed by atoms with Gasteiger partial charge in [0, 0.05) is 6.04 Å². The molecule has 112 valence electrons. The SMILES string of the molecule is CCc1ccc(CC(CCc2cccc(C)c2)NN)cc1. The highest BCUT2D eigenvalue weighted by molar-refractivity contribution is 5.24. The summed E-state index contributed by atoms with van der Waals surface area (Å²) in [4.78, 5) is 0. The monoisotopic (exact) mass is 282 g/mol. The molecule has 0 radical (unpaired) electrons. The van der Waals surface area contributed by atoms with Crippen molar-refractivity contribution in [1.82, 2.24) is 5.43 Å². The largest absolute Gasteiger partial charge is 0.271 e. The number of benzene rings is 2. The average Bonchev–Trinajstić information content (AvgIpc) is 2.52. The minimum atomic E-state index is 0.318. The molecule has 0 heterocycles. The second-order valence-corrected chi connectivity index (χ2v) is 5.77. The van der Waals surface area contributed by atoms with E-state index in [1.54, 1.807) is 0 Å². The van der Waals surface area contributed by atoms with Gasteiger partial charge in [0.2, 0.25) is 0 Å². The summed E-state index contributed by atoms with van der Waals surface area (Å²) in [6.07, 6.45) is 4.18. The third-order valence-corrected chi connectivity index (χ3v) is 4.01. The van der Waals surface area contributed by atoms with Gasteiger partial charge < -0.3 is 0 Å². The Morgan fingerprint density at radius 2 is 1.71 bits per heavy atom. The maximum absolute atomic E-state index is 5.72. The van der Waals surface area contributed by atoms with Crippen LogP contribution in [0.15, 0.2) is 48.5 Å². The molecule has 0 saturated carbocycles. The molecule has 1 atom stereocenters. The van der Waals surface area contributed by atoms with Crippen LogP contribution in [-0.2, 0) is 19.3 Å². The van der Waals surface area contributed by atoms with Gasteiger partial charge in [-0.1, -0.05) is 61.0 Å². The van der Waals surface area contributed by atoms with Gasteiger partial charge >= 0.3 is 0 Å². The van der Waals surface area contributed by atoms with Crippen LogP contribution < -0.4 is 11.3 Å². The molecule has 0 aliphatic heterocycles. The third kappa shape index (κ3) is 5.00. The predicted molar refractivity (Wildman–Crippen MR) is 90.1 cm³/mol. The molecule has 0 aliphatic carbocycles.